The van der Waals surface area contributed by atoms with Gasteiger partial charge in [-0.1, -0.05) is 25.1 Å². The standard InChI is InChI=1S/C21H22F3N5O3S/c1-3-27(2)33(31,32)21(14-7-6-8-15(22)11-14)12-20(23,24)13-28(21)19-17(18(25)30)16-9-4-5-10-29(16)26-19/h4-11H,3,12-13H2,1-2H3,(H2,25,30)/t21-/m1/s1. The largest absolute Gasteiger partial charge is 0.365 e. The Kier molecular flexibility index (Phi) is 5.40. The predicted octanol–water partition coefficient (Wildman–Crippen LogP) is 2.55. The summed E-state index contributed by atoms with van der Waals surface area (Å²) in [6, 6.07) is 9.25. The van der Waals surface area contributed by atoms with Crippen molar-refractivity contribution >= 4 is 27.3 Å². The summed E-state index contributed by atoms with van der Waals surface area (Å²) in [5, 5.41) is 4.26. The summed E-state index contributed by atoms with van der Waals surface area (Å²) in [4.78, 5) is 10.8. The highest BCUT2D eigenvalue weighted by atomic mass is 32.2. The van der Waals surface area contributed by atoms with E-state index in [4.69, 9.17) is 5.73 Å². The van der Waals surface area contributed by atoms with Gasteiger partial charge in [0.15, 0.2) is 10.7 Å². The Labute approximate surface area is 188 Å². The Hall–Kier alpha value is -3.12. The molecule has 2 aromatic heterocycles. The van der Waals surface area contributed by atoms with Crippen LogP contribution in [0.5, 0.6) is 0 Å². The molecule has 12 heteroatoms. The summed E-state index contributed by atoms with van der Waals surface area (Å²) in [7, 11) is -3.30. The third kappa shape index (κ3) is 3.44. The van der Waals surface area contributed by atoms with Crippen LogP contribution in [0.15, 0.2) is 48.7 Å². The van der Waals surface area contributed by atoms with Crippen LogP contribution in [0, 0.1) is 5.82 Å². The summed E-state index contributed by atoms with van der Waals surface area (Å²) >= 11 is 0. The molecule has 176 valence electrons. The van der Waals surface area contributed by atoms with E-state index < -0.39 is 45.5 Å². The predicted molar refractivity (Wildman–Crippen MR) is 116 cm³/mol. The molecule has 0 saturated carbocycles. The van der Waals surface area contributed by atoms with E-state index in [9.17, 15) is 17.6 Å². The molecular formula is C21H22F3N5O3S. The number of benzene rings is 1. The van der Waals surface area contributed by atoms with Crippen molar-refractivity contribution in [3.63, 3.8) is 0 Å². The molecule has 1 fully saturated rings. The topological polar surface area (TPSA) is 101 Å². The van der Waals surface area contributed by atoms with Crippen LogP contribution in [0.4, 0.5) is 19.0 Å². The van der Waals surface area contributed by atoms with Gasteiger partial charge >= 0.3 is 0 Å². The van der Waals surface area contributed by atoms with Gasteiger partial charge in [0.1, 0.15) is 11.4 Å². The van der Waals surface area contributed by atoms with Gasteiger partial charge in [-0.3, -0.25) is 4.79 Å². The SMILES string of the molecule is CCN(C)S(=O)(=O)[C@@]1(c2cccc(F)c2)CC(F)(F)CN1c1nn2ccccc2c1C(N)=O. The van der Waals surface area contributed by atoms with Crippen molar-refractivity contribution < 1.29 is 26.4 Å². The number of sulfonamides is 1. The van der Waals surface area contributed by atoms with Crippen LogP contribution in [-0.4, -0.2) is 54.3 Å². The second kappa shape index (κ2) is 7.73. The van der Waals surface area contributed by atoms with E-state index in [1.54, 1.807) is 19.1 Å². The summed E-state index contributed by atoms with van der Waals surface area (Å²) in [6.07, 6.45) is 0.318. The van der Waals surface area contributed by atoms with E-state index in [0.717, 1.165) is 21.3 Å². The van der Waals surface area contributed by atoms with Gasteiger partial charge in [-0.25, -0.2) is 30.4 Å². The number of anilines is 1. The number of fused-ring (bicyclic) bond motifs is 1. The fraction of sp³-hybridized carbons (Fsp3) is 0.333. The zero-order valence-corrected chi connectivity index (χ0v) is 18.7. The molecular weight excluding hydrogens is 459 g/mol. The molecule has 3 heterocycles. The van der Waals surface area contributed by atoms with E-state index in [1.165, 1.54) is 36.0 Å². The number of rotatable bonds is 6. The summed E-state index contributed by atoms with van der Waals surface area (Å²) < 4.78 is 74.3. The highest BCUT2D eigenvalue weighted by Gasteiger charge is 2.65. The van der Waals surface area contributed by atoms with Crippen molar-refractivity contribution in [1.29, 1.82) is 0 Å². The number of nitrogens with zero attached hydrogens (tertiary/aromatic N) is 4. The Balaban J connectivity index is 2.11. The van der Waals surface area contributed by atoms with Crippen molar-refractivity contribution in [2.45, 2.75) is 24.1 Å². The number of alkyl halides is 2. The minimum atomic E-state index is -4.56. The number of pyridine rings is 1. The summed E-state index contributed by atoms with van der Waals surface area (Å²) in [5.74, 6) is -5.57. The van der Waals surface area contributed by atoms with E-state index in [2.05, 4.69) is 5.10 Å². The van der Waals surface area contributed by atoms with Crippen molar-refractivity contribution in [3.05, 3.63) is 65.6 Å². The van der Waals surface area contributed by atoms with Gasteiger partial charge in [-0.15, -0.1) is 5.10 Å². The molecule has 0 spiro atoms. The maximum atomic E-state index is 15.1. The number of carbonyl (C=O) groups excluding carboxylic acids is 1. The molecule has 0 bridgehead atoms. The van der Waals surface area contributed by atoms with Crippen LogP contribution in [0.25, 0.3) is 5.52 Å². The fourth-order valence-corrected chi connectivity index (χ4v) is 6.42. The Morgan fingerprint density at radius 2 is 1.97 bits per heavy atom. The molecule has 1 saturated heterocycles. The second-order valence-corrected chi connectivity index (χ2v) is 10.2. The third-order valence-corrected chi connectivity index (χ3v) is 8.44. The average Bonchev–Trinajstić information content (AvgIpc) is 3.28. The van der Waals surface area contributed by atoms with E-state index >= 15 is 8.78 Å². The number of hydrogen-bond acceptors (Lipinski definition) is 5. The lowest BCUT2D eigenvalue weighted by Crippen LogP contribution is -2.53. The molecule has 2 N–H and O–H groups in total. The quantitative estimate of drug-likeness (QED) is 0.583. The van der Waals surface area contributed by atoms with Crippen LogP contribution >= 0.6 is 0 Å². The smallest absolute Gasteiger partial charge is 0.269 e. The molecule has 1 aromatic carbocycles. The Morgan fingerprint density at radius 1 is 1.24 bits per heavy atom. The summed E-state index contributed by atoms with van der Waals surface area (Å²) in [6.45, 7) is 0.463. The maximum Gasteiger partial charge on any atom is 0.269 e. The minimum Gasteiger partial charge on any atom is -0.365 e. The molecule has 8 nitrogen and oxygen atoms in total. The van der Waals surface area contributed by atoms with Crippen molar-refractivity contribution in [2.75, 3.05) is 25.0 Å². The highest BCUT2D eigenvalue weighted by molar-refractivity contribution is 7.90. The fourth-order valence-electron chi connectivity index (χ4n) is 4.32. The lowest BCUT2D eigenvalue weighted by atomic mass is 10.0. The van der Waals surface area contributed by atoms with Crippen LogP contribution in [-0.2, 0) is 14.9 Å². The number of nitrogens with two attached hydrogens (primary N) is 1. The van der Waals surface area contributed by atoms with Gasteiger partial charge in [-0.2, -0.15) is 0 Å². The van der Waals surface area contributed by atoms with Crippen LogP contribution < -0.4 is 10.6 Å². The number of carbonyl (C=O) groups is 1. The number of aromatic nitrogens is 2. The molecule has 1 amide bonds. The monoisotopic (exact) mass is 481 g/mol. The molecule has 0 radical (unpaired) electrons. The van der Waals surface area contributed by atoms with Gasteiger partial charge in [0.25, 0.3) is 11.8 Å². The lowest BCUT2D eigenvalue weighted by Gasteiger charge is -2.40. The lowest BCUT2D eigenvalue weighted by molar-refractivity contribution is 0.0200. The molecule has 1 aliphatic heterocycles. The molecule has 0 aliphatic carbocycles. The van der Waals surface area contributed by atoms with Crippen LogP contribution in [0.2, 0.25) is 0 Å². The third-order valence-electron chi connectivity index (χ3n) is 5.91. The second-order valence-electron chi connectivity index (χ2n) is 7.93. The zero-order chi connectivity index (χ0) is 24.2. The molecule has 0 unspecified atom stereocenters. The number of primary amides is 1. The zero-order valence-electron chi connectivity index (χ0n) is 17.9. The van der Waals surface area contributed by atoms with E-state index in [-0.39, 0.29) is 29.0 Å². The first kappa shape index (κ1) is 23.1. The van der Waals surface area contributed by atoms with E-state index in [1.807, 2.05) is 0 Å². The van der Waals surface area contributed by atoms with Crippen molar-refractivity contribution in [1.82, 2.24) is 13.9 Å². The van der Waals surface area contributed by atoms with Crippen LogP contribution in [0.1, 0.15) is 29.3 Å². The Bertz CT molecular complexity index is 1340. The van der Waals surface area contributed by atoms with Gasteiger partial charge in [0.2, 0.25) is 10.0 Å². The van der Waals surface area contributed by atoms with Crippen molar-refractivity contribution in [3.8, 4) is 0 Å². The van der Waals surface area contributed by atoms with Crippen molar-refractivity contribution in [2.24, 2.45) is 5.73 Å². The number of hydrogen-bond donors (Lipinski definition) is 1. The molecule has 1 aliphatic rings. The highest BCUT2D eigenvalue weighted by Crippen LogP contribution is 2.52. The molecule has 3 aromatic rings. The average molecular weight is 482 g/mol. The van der Waals surface area contributed by atoms with Gasteiger partial charge < -0.3 is 10.6 Å². The summed E-state index contributed by atoms with van der Waals surface area (Å²) in [5.41, 5.74) is 5.40. The molecule has 33 heavy (non-hydrogen) atoms. The first-order valence-corrected chi connectivity index (χ1v) is 11.5. The first-order chi connectivity index (χ1) is 15.4. The normalized spacial score (nSPS) is 20.6. The number of amides is 1. The van der Waals surface area contributed by atoms with Crippen LogP contribution in [0.3, 0.4) is 0 Å². The Morgan fingerprint density at radius 3 is 2.61 bits per heavy atom. The maximum absolute atomic E-state index is 15.1. The first-order valence-electron chi connectivity index (χ1n) is 10.1. The van der Waals surface area contributed by atoms with E-state index in [0.29, 0.717) is 0 Å². The number of halogens is 3. The van der Waals surface area contributed by atoms with Gasteiger partial charge in [0, 0.05) is 19.8 Å². The minimum absolute atomic E-state index is 0.0212. The molecule has 1 atom stereocenters. The van der Waals surface area contributed by atoms with Gasteiger partial charge in [-0.05, 0) is 29.8 Å². The van der Waals surface area contributed by atoms with Gasteiger partial charge in [0.05, 0.1) is 18.5 Å². The molecule has 4 rings (SSSR count).